The first-order chi connectivity index (χ1) is 9.17. The van der Waals surface area contributed by atoms with Crippen LogP contribution in [0.2, 0.25) is 0 Å². The molecule has 1 saturated carbocycles. The molecule has 1 N–H and O–H groups in total. The monoisotopic (exact) mass is 320 g/mol. The average Bonchev–Trinajstić information content (AvgIpc) is 3.10. The molecule has 0 bridgehead atoms. The summed E-state index contributed by atoms with van der Waals surface area (Å²) in [5.41, 5.74) is 1.38. The number of halogens is 1. The molecule has 19 heavy (non-hydrogen) atoms. The maximum absolute atomic E-state index is 11.8. The molecule has 5 heteroatoms. The quantitative estimate of drug-likeness (QED) is 0.884. The molecule has 1 aromatic carbocycles. The van der Waals surface area contributed by atoms with Crippen molar-refractivity contribution in [2.45, 2.75) is 18.3 Å². The first-order valence-corrected chi connectivity index (χ1v) is 6.85. The SMILES string of the molecule is COC(=O)C1(c2ncc(-c3ccccc3Br)[nH]2)CC1. The molecule has 0 unspecified atom stereocenters. The second kappa shape index (κ2) is 4.49. The van der Waals surface area contributed by atoms with Crippen LogP contribution >= 0.6 is 15.9 Å². The van der Waals surface area contributed by atoms with Crippen LogP contribution in [0.4, 0.5) is 0 Å². The van der Waals surface area contributed by atoms with E-state index in [-0.39, 0.29) is 5.97 Å². The Labute approximate surface area is 119 Å². The number of aromatic amines is 1. The number of hydrogen-bond acceptors (Lipinski definition) is 3. The zero-order chi connectivity index (χ0) is 13.5. The van der Waals surface area contributed by atoms with Crippen molar-refractivity contribution in [3.63, 3.8) is 0 Å². The summed E-state index contributed by atoms with van der Waals surface area (Å²) in [6, 6.07) is 7.90. The van der Waals surface area contributed by atoms with Gasteiger partial charge in [-0.15, -0.1) is 0 Å². The topological polar surface area (TPSA) is 55.0 Å². The van der Waals surface area contributed by atoms with Gasteiger partial charge in [-0.1, -0.05) is 34.1 Å². The van der Waals surface area contributed by atoms with Crippen molar-refractivity contribution in [2.24, 2.45) is 0 Å². The second-order valence-corrected chi connectivity index (χ2v) is 5.55. The molecule has 0 atom stereocenters. The second-order valence-electron chi connectivity index (χ2n) is 4.70. The first-order valence-electron chi connectivity index (χ1n) is 6.06. The molecule has 0 saturated heterocycles. The number of methoxy groups -OCH3 is 1. The van der Waals surface area contributed by atoms with E-state index in [1.807, 2.05) is 24.3 Å². The van der Waals surface area contributed by atoms with Crippen LogP contribution in [0.3, 0.4) is 0 Å². The molecule has 4 nitrogen and oxygen atoms in total. The Hall–Kier alpha value is -1.62. The van der Waals surface area contributed by atoms with Gasteiger partial charge in [0.25, 0.3) is 0 Å². The van der Waals surface area contributed by atoms with Gasteiger partial charge in [-0.05, 0) is 18.9 Å². The molecule has 1 aliphatic rings. The molecular weight excluding hydrogens is 308 g/mol. The fraction of sp³-hybridized carbons (Fsp3) is 0.286. The van der Waals surface area contributed by atoms with Gasteiger partial charge in [0.15, 0.2) is 0 Å². The van der Waals surface area contributed by atoms with Crippen molar-refractivity contribution in [1.82, 2.24) is 9.97 Å². The minimum absolute atomic E-state index is 0.208. The van der Waals surface area contributed by atoms with Crippen LogP contribution in [0.15, 0.2) is 34.9 Å². The van der Waals surface area contributed by atoms with Crippen molar-refractivity contribution >= 4 is 21.9 Å². The highest BCUT2D eigenvalue weighted by Gasteiger charge is 2.55. The Morgan fingerprint density at radius 3 is 2.79 bits per heavy atom. The summed E-state index contributed by atoms with van der Waals surface area (Å²) in [6.07, 6.45) is 3.35. The Bertz CT molecular complexity index is 632. The van der Waals surface area contributed by atoms with E-state index >= 15 is 0 Å². The molecule has 1 fully saturated rings. The van der Waals surface area contributed by atoms with Gasteiger partial charge in [-0.2, -0.15) is 0 Å². The number of nitrogens with zero attached hydrogens (tertiary/aromatic N) is 1. The number of imidazole rings is 1. The summed E-state index contributed by atoms with van der Waals surface area (Å²) in [5.74, 6) is 0.491. The lowest BCUT2D eigenvalue weighted by molar-refractivity contribution is -0.143. The van der Waals surface area contributed by atoms with Crippen LogP contribution in [0, 0.1) is 0 Å². The number of carbonyl (C=O) groups is 1. The minimum atomic E-state index is -0.547. The highest BCUT2D eigenvalue weighted by atomic mass is 79.9. The van der Waals surface area contributed by atoms with Crippen molar-refractivity contribution in [1.29, 1.82) is 0 Å². The summed E-state index contributed by atoms with van der Waals surface area (Å²) >= 11 is 3.51. The van der Waals surface area contributed by atoms with Crippen LogP contribution in [0.1, 0.15) is 18.7 Å². The van der Waals surface area contributed by atoms with Crippen molar-refractivity contribution in [3.8, 4) is 11.3 Å². The Balaban J connectivity index is 1.97. The van der Waals surface area contributed by atoms with Gasteiger partial charge in [0.2, 0.25) is 0 Å². The smallest absolute Gasteiger partial charge is 0.319 e. The van der Waals surface area contributed by atoms with E-state index in [1.54, 1.807) is 6.20 Å². The first kappa shape index (κ1) is 12.4. The number of H-pyrrole nitrogens is 1. The van der Waals surface area contributed by atoms with Gasteiger partial charge in [0.1, 0.15) is 11.2 Å². The molecule has 0 radical (unpaired) electrons. The number of nitrogens with one attached hydrogen (secondary N) is 1. The van der Waals surface area contributed by atoms with Crippen LogP contribution in [-0.4, -0.2) is 23.0 Å². The zero-order valence-electron chi connectivity index (χ0n) is 10.4. The molecule has 1 heterocycles. The predicted octanol–water partition coefficient (Wildman–Crippen LogP) is 3.04. The molecule has 0 aliphatic heterocycles. The number of aromatic nitrogens is 2. The van der Waals surface area contributed by atoms with E-state index in [2.05, 4.69) is 25.9 Å². The van der Waals surface area contributed by atoms with Crippen LogP contribution < -0.4 is 0 Å². The van der Waals surface area contributed by atoms with Crippen molar-refractivity contribution < 1.29 is 9.53 Å². The van der Waals surface area contributed by atoms with Gasteiger partial charge in [0, 0.05) is 10.0 Å². The molecule has 3 rings (SSSR count). The molecule has 98 valence electrons. The van der Waals surface area contributed by atoms with Crippen LogP contribution in [-0.2, 0) is 14.9 Å². The van der Waals surface area contributed by atoms with Crippen LogP contribution in [0.5, 0.6) is 0 Å². The lowest BCUT2D eigenvalue weighted by Crippen LogP contribution is -2.23. The normalized spacial score (nSPS) is 16.1. The summed E-state index contributed by atoms with van der Waals surface area (Å²) in [7, 11) is 1.42. The lowest BCUT2D eigenvalue weighted by atomic mass is 10.1. The third kappa shape index (κ3) is 1.98. The highest BCUT2D eigenvalue weighted by Crippen LogP contribution is 2.48. The Kier molecular flexibility index (Phi) is 2.93. The maximum Gasteiger partial charge on any atom is 0.319 e. The lowest BCUT2D eigenvalue weighted by Gasteiger charge is -2.09. The van der Waals surface area contributed by atoms with E-state index in [0.29, 0.717) is 5.82 Å². The molecule has 0 spiro atoms. The van der Waals surface area contributed by atoms with E-state index in [0.717, 1.165) is 28.6 Å². The molecular formula is C14H13BrN2O2. The summed E-state index contributed by atoms with van der Waals surface area (Å²) in [4.78, 5) is 19.4. The summed E-state index contributed by atoms with van der Waals surface area (Å²) in [6.45, 7) is 0. The standard InChI is InChI=1S/C14H13BrN2O2/c1-19-13(18)14(6-7-14)12-16-8-11(17-12)9-4-2-3-5-10(9)15/h2-5,8H,6-7H2,1H3,(H,16,17). The molecule has 1 aromatic heterocycles. The van der Waals surface area contributed by atoms with Gasteiger partial charge >= 0.3 is 5.97 Å². The van der Waals surface area contributed by atoms with Crippen molar-refractivity contribution in [3.05, 3.63) is 40.8 Å². The van der Waals surface area contributed by atoms with E-state index in [4.69, 9.17) is 4.74 Å². The van der Waals surface area contributed by atoms with Crippen LogP contribution in [0.25, 0.3) is 11.3 Å². The van der Waals surface area contributed by atoms with E-state index in [9.17, 15) is 4.79 Å². The largest absolute Gasteiger partial charge is 0.468 e. The minimum Gasteiger partial charge on any atom is -0.468 e. The summed E-state index contributed by atoms with van der Waals surface area (Å²) in [5, 5.41) is 0. The van der Waals surface area contributed by atoms with Crippen molar-refractivity contribution in [2.75, 3.05) is 7.11 Å². The maximum atomic E-state index is 11.8. The van der Waals surface area contributed by atoms with Gasteiger partial charge < -0.3 is 9.72 Å². The van der Waals surface area contributed by atoms with E-state index < -0.39 is 5.41 Å². The van der Waals surface area contributed by atoms with Gasteiger partial charge in [0.05, 0.1) is 19.0 Å². The number of esters is 1. The Morgan fingerprint density at radius 1 is 1.42 bits per heavy atom. The predicted molar refractivity (Wildman–Crippen MR) is 74.7 cm³/mol. The number of rotatable bonds is 3. The fourth-order valence-electron chi connectivity index (χ4n) is 2.24. The van der Waals surface area contributed by atoms with Gasteiger partial charge in [-0.25, -0.2) is 4.98 Å². The molecule has 0 amide bonds. The Morgan fingerprint density at radius 2 is 2.16 bits per heavy atom. The number of carbonyl (C=O) groups excluding carboxylic acids is 1. The number of benzene rings is 1. The highest BCUT2D eigenvalue weighted by molar-refractivity contribution is 9.10. The third-order valence-electron chi connectivity index (χ3n) is 3.52. The summed E-state index contributed by atoms with van der Waals surface area (Å²) < 4.78 is 5.86. The fourth-order valence-corrected chi connectivity index (χ4v) is 2.74. The number of ether oxygens (including phenoxy) is 1. The van der Waals surface area contributed by atoms with Gasteiger partial charge in [-0.3, -0.25) is 4.79 Å². The third-order valence-corrected chi connectivity index (χ3v) is 4.21. The van der Waals surface area contributed by atoms with E-state index in [1.165, 1.54) is 7.11 Å². The number of hydrogen-bond donors (Lipinski definition) is 1. The average molecular weight is 321 g/mol. The molecule has 1 aliphatic carbocycles. The zero-order valence-corrected chi connectivity index (χ0v) is 12.0. The molecule has 2 aromatic rings.